The van der Waals surface area contributed by atoms with Crippen LogP contribution in [0, 0.1) is 23.7 Å². The molecule has 3 nitrogen and oxygen atoms in total. The summed E-state index contributed by atoms with van der Waals surface area (Å²) >= 11 is 0. The fraction of sp³-hybridized carbons (Fsp3) is 0.650. The third-order valence-corrected chi connectivity index (χ3v) is 6.79. The standard InChI is InChI=1S/C20H27NO2/c22-7-6-21-19(23)13-20(16-4-2-1-3-5-16)17-9-14-8-15(11-17)12-18(20)10-14/h1-5,14-15,17-18,22H,6-13H2,(H,21,23). The molecule has 0 radical (unpaired) electrons. The summed E-state index contributed by atoms with van der Waals surface area (Å²) in [7, 11) is 0. The number of benzene rings is 1. The highest BCUT2D eigenvalue weighted by Crippen LogP contribution is 2.64. The number of carbonyl (C=O) groups is 1. The Morgan fingerprint density at radius 2 is 1.65 bits per heavy atom. The fourth-order valence-electron chi connectivity index (χ4n) is 6.16. The van der Waals surface area contributed by atoms with Crippen molar-refractivity contribution >= 4 is 5.91 Å². The lowest BCUT2D eigenvalue weighted by atomic mass is 9.43. The molecule has 0 aromatic heterocycles. The maximum atomic E-state index is 12.6. The first-order valence-electron chi connectivity index (χ1n) is 9.15. The third kappa shape index (κ3) is 2.50. The molecule has 1 aromatic carbocycles. The van der Waals surface area contributed by atoms with Crippen LogP contribution in [0.2, 0.25) is 0 Å². The minimum Gasteiger partial charge on any atom is -0.395 e. The van der Waals surface area contributed by atoms with Crippen molar-refractivity contribution in [2.75, 3.05) is 13.2 Å². The summed E-state index contributed by atoms with van der Waals surface area (Å²) in [5.41, 5.74) is 1.39. The van der Waals surface area contributed by atoms with E-state index in [1.165, 1.54) is 37.7 Å². The molecule has 0 aliphatic heterocycles. The van der Waals surface area contributed by atoms with Gasteiger partial charge in [-0.25, -0.2) is 0 Å². The van der Waals surface area contributed by atoms with Crippen LogP contribution in [0.4, 0.5) is 0 Å². The van der Waals surface area contributed by atoms with Gasteiger partial charge in [-0.15, -0.1) is 0 Å². The minimum absolute atomic E-state index is 0.0150. The summed E-state index contributed by atoms with van der Waals surface area (Å²) in [5, 5.41) is 11.9. The van der Waals surface area contributed by atoms with Gasteiger partial charge in [0.15, 0.2) is 0 Å². The minimum atomic E-state index is 0.0150. The van der Waals surface area contributed by atoms with Crippen LogP contribution in [0.3, 0.4) is 0 Å². The molecule has 0 saturated heterocycles. The Bertz CT molecular complexity index is 540. The molecule has 2 N–H and O–H groups in total. The van der Waals surface area contributed by atoms with Crippen molar-refractivity contribution in [3.05, 3.63) is 35.9 Å². The molecular formula is C20H27NO2. The average molecular weight is 313 g/mol. The van der Waals surface area contributed by atoms with Crippen LogP contribution in [0.15, 0.2) is 30.3 Å². The van der Waals surface area contributed by atoms with Gasteiger partial charge in [0.2, 0.25) is 5.91 Å². The van der Waals surface area contributed by atoms with E-state index < -0.39 is 0 Å². The number of amides is 1. The Labute approximate surface area is 138 Å². The Balaban J connectivity index is 1.69. The van der Waals surface area contributed by atoms with Crippen molar-refractivity contribution in [3.63, 3.8) is 0 Å². The molecule has 23 heavy (non-hydrogen) atoms. The fourth-order valence-corrected chi connectivity index (χ4v) is 6.16. The lowest BCUT2D eigenvalue weighted by molar-refractivity contribution is -0.129. The summed E-state index contributed by atoms with van der Waals surface area (Å²) in [4.78, 5) is 12.6. The lowest BCUT2D eigenvalue weighted by Gasteiger charge is -2.61. The zero-order valence-electron chi connectivity index (χ0n) is 13.7. The Morgan fingerprint density at radius 1 is 1.04 bits per heavy atom. The van der Waals surface area contributed by atoms with Gasteiger partial charge < -0.3 is 10.4 Å². The number of hydrogen-bond acceptors (Lipinski definition) is 2. The molecule has 0 unspecified atom stereocenters. The number of carbonyl (C=O) groups excluding carboxylic acids is 1. The van der Waals surface area contributed by atoms with Crippen LogP contribution in [-0.4, -0.2) is 24.2 Å². The first kappa shape index (κ1) is 15.2. The van der Waals surface area contributed by atoms with E-state index in [0.717, 1.165) is 11.8 Å². The van der Waals surface area contributed by atoms with Crippen molar-refractivity contribution in [1.29, 1.82) is 0 Å². The van der Waals surface area contributed by atoms with Gasteiger partial charge in [-0.3, -0.25) is 4.79 Å². The highest BCUT2D eigenvalue weighted by Gasteiger charge is 2.58. The zero-order valence-corrected chi connectivity index (χ0v) is 13.7. The van der Waals surface area contributed by atoms with Gasteiger partial charge in [0, 0.05) is 18.4 Å². The van der Waals surface area contributed by atoms with Crippen molar-refractivity contribution in [2.24, 2.45) is 23.7 Å². The molecule has 0 atom stereocenters. The van der Waals surface area contributed by atoms with Crippen molar-refractivity contribution in [1.82, 2.24) is 5.32 Å². The molecule has 4 fully saturated rings. The van der Waals surface area contributed by atoms with E-state index in [2.05, 4.69) is 35.6 Å². The smallest absolute Gasteiger partial charge is 0.220 e. The SMILES string of the molecule is O=C(CC1(c2ccccc2)C2CC3CC(C2)CC1C3)NCCO. The van der Waals surface area contributed by atoms with E-state index in [9.17, 15) is 4.79 Å². The molecule has 0 heterocycles. The second-order valence-corrected chi connectivity index (χ2v) is 7.96. The van der Waals surface area contributed by atoms with E-state index in [0.29, 0.717) is 24.8 Å². The molecule has 4 saturated carbocycles. The molecule has 1 amide bonds. The summed E-state index contributed by atoms with van der Waals surface area (Å²) in [6, 6.07) is 10.8. The van der Waals surface area contributed by atoms with Crippen molar-refractivity contribution in [2.45, 2.75) is 43.9 Å². The van der Waals surface area contributed by atoms with E-state index in [1.807, 2.05) is 0 Å². The molecule has 1 aromatic rings. The van der Waals surface area contributed by atoms with Crippen molar-refractivity contribution in [3.8, 4) is 0 Å². The van der Waals surface area contributed by atoms with Gasteiger partial charge in [-0.2, -0.15) is 0 Å². The van der Waals surface area contributed by atoms with Gasteiger partial charge in [-0.05, 0) is 61.3 Å². The molecule has 3 heteroatoms. The Morgan fingerprint density at radius 3 is 2.22 bits per heavy atom. The van der Waals surface area contributed by atoms with Gasteiger partial charge in [0.1, 0.15) is 0 Å². The number of rotatable bonds is 5. The summed E-state index contributed by atoms with van der Waals surface area (Å²) in [5.74, 6) is 3.21. The maximum absolute atomic E-state index is 12.6. The second kappa shape index (κ2) is 5.94. The lowest BCUT2D eigenvalue weighted by Crippen LogP contribution is -2.57. The highest BCUT2D eigenvalue weighted by molar-refractivity contribution is 5.78. The Hall–Kier alpha value is -1.35. The van der Waals surface area contributed by atoms with Crippen LogP contribution in [0.1, 0.15) is 44.1 Å². The summed E-state index contributed by atoms with van der Waals surface area (Å²) in [6.07, 6.45) is 7.22. The van der Waals surface area contributed by atoms with E-state index >= 15 is 0 Å². The van der Waals surface area contributed by atoms with Gasteiger partial charge in [-0.1, -0.05) is 30.3 Å². The number of aliphatic hydroxyl groups excluding tert-OH is 1. The molecule has 124 valence electrons. The third-order valence-electron chi connectivity index (χ3n) is 6.79. The van der Waals surface area contributed by atoms with Crippen LogP contribution in [-0.2, 0) is 10.2 Å². The summed E-state index contributed by atoms with van der Waals surface area (Å²) < 4.78 is 0. The number of aliphatic hydroxyl groups is 1. The van der Waals surface area contributed by atoms with Crippen LogP contribution < -0.4 is 5.32 Å². The normalized spacial score (nSPS) is 37.8. The molecule has 4 bridgehead atoms. The summed E-state index contributed by atoms with van der Waals surface area (Å²) in [6.45, 7) is 0.380. The van der Waals surface area contributed by atoms with Gasteiger partial charge in [0.25, 0.3) is 0 Å². The van der Waals surface area contributed by atoms with Crippen LogP contribution in [0.25, 0.3) is 0 Å². The predicted octanol–water partition coefficient (Wildman–Crippen LogP) is 2.88. The number of nitrogens with one attached hydrogen (secondary N) is 1. The molecule has 0 spiro atoms. The van der Waals surface area contributed by atoms with E-state index in [1.54, 1.807) is 0 Å². The van der Waals surface area contributed by atoms with E-state index in [-0.39, 0.29) is 17.9 Å². The van der Waals surface area contributed by atoms with Gasteiger partial charge >= 0.3 is 0 Å². The van der Waals surface area contributed by atoms with E-state index in [4.69, 9.17) is 5.11 Å². The Kier molecular flexibility index (Phi) is 3.92. The molecular weight excluding hydrogens is 286 g/mol. The highest BCUT2D eigenvalue weighted by atomic mass is 16.3. The maximum Gasteiger partial charge on any atom is 0.220 e. The predicted molar refractivity (Wildman–Crippen MR) is 89.9 cm³/mol. The number of hydrogen-bond donors (Lipinski definition) is 2. The van der Waals surface area contributed by atoms with Crippen LogP contribution >= 0.6 is 0 Å². The monoisotopic (exact) mass is 313 g/mol. The molecule has 4 aliphatic carbocycles. The first-order valence-corrected chi connectivity index (χ1v) is 9.15. The van der Waals surface area contributed by atoms with Gasteiger partial charge in [0.05, 0.1) is 6.61 Å². The zero-order chi connectivity index (χ0) is 15.9. The van der Waals surface area contributed by atoms with Crippen molar-refractivity contribution < 1.29 is 9.90 Å². The quantitative estimate of drug-likeness (QED) is 0.878. The molecule has 4 aliphatic rings. The largest absolute Gasteiger partial charge is 0.395 e. The van der Waals surface area contributed by atoms with Crippen LogP contribution in [0.5, 0.6) is 0 Å². The molecule has 5 rings (SSSR count). The first-order chi connectivity index (χ1) is 11.2. The second-order valence-electron chi connectivity index (χ2n) is 7.96. The topological polar surface area (TPSA) is 49.3 Å². The average Bonchev–Trinajstić information content (AvgIpc) is 2.56.